The molecule has 4 atom stereocenters. The number of benzene rings is 3. The van der Waals surface area contributed by atoms with Crippen molar-refractivity contribution in [3.8, 4) is 0 Å². The molecule has 1 aliphatic heterocycles. The zero-order chi connectivity index (χ0) is 27.0. The van der Waals surface area contributed by atoms with Gasteiger partial charge < -0.3 is 18.9 Å². The second-order valence-electron chi connectivity index (χ2n) is 8.56. The summed E-state index contributed by atoms with van der Waals surface area (Å²) < 4.78 is 91.5. The molecule has 4 rings (SSSR count). The van der Waals surface area contributed by atoms with Gasteiger partial charge in [-0.2, -0.15) is 21.6 Å². The van der Waals surface area contributed by atoms with Gasteiger partial charge in [-0.3, -0.25) is 4.18 Å². The zero-order valence-corrected chi connectivity index (χ0v) is 21.0. The maximum absolute atomic E-state index is 13.2. The van der Waals surface area contributed by atoms with Crippen LogP contribution in [0.15, 0.2) is 91.0 Å². The van der Waals surface area contributed by atoms with Gasteiger partial charge in [0.25, 0.3) is 0 Å². The first-order chi connectivity index (χ1) is 18.2. The van der Waals surface area contributed by atoms with Crippen LogP contribution < -0.4 is 0 Å². The molecule has 0 unspecified atom stereocenters. The zero-order valence-electron chi connectivity index (χ0n) is 20.2. The van der Waals surface area contributed by atoms with Gasteiger partial charge in [0, 0.05) is 0 Å². The molecular weight excluding hydrogens is 525 g/mol. The van der Waals surface area contributed by atoms with Crippen molar-refractivity contribution in [2.45, 2.75) is 49.9 Å². The van der Waals surface area contributed by atoms with E-state index in [4.69, 9.17) is 18.9 Å². The van der Waals surface area contributed by atoms with Crippen molar-refractivity contribution in [1.82, 2.24) is 0 Å². The molecule has 0 aliphatic carbocycles. The molecule has 0 radical (unpaired) electrons. The van der Waals surface area contributed by atoms with Gasteiger partial charge in [0.1, 0.15) is 18.3 Å². The summed E-state index contributed by atoms with van der Waals surface area (Å²) >= 11 is 0. The van der Waals surface area contributed by atoms with E-state index in [1.807, 2.05) is 60.7 Å². The second kappa shape index (κ2) is 12.8. The van der Waals surface area contributed by atoms with Crippen molar-refractivity contribution >= 4 is 10.1 Å². The number of alkyl halides is 3. The number of hydrogen-bond donors (Lipinski definition) is 0. The molecule has 3 aromatic carbocycles. The van der Waals surface area contributed by atoms with E-state index >= 15 is 0 Å². The molecule has 0 aromatic heterocycles. The highest BCUT2D eigenvalue weighted by atomic mass is 32.2. The molecule has 0 spiro atoms. The normalized spacial score (nSPS) is 22.3. The molecule has 1 aliphatic rings. The van der Waals surface area contributed by atoms with Crippen LogP contribution >= 0.6 is 0 Å². The molecule has 38 heavy (non-hydrogen) atoms. The number of hydrogen-bond acceptors (Lipinski definition) is 7. The summed E-state index contributed by atoms with van der Waals surface area (Å²) in [7, 11) is -5.93. The van der Waals surface area contributed by atoms with Gasteiger partial charge in [0.2, 0.25) is 0 Å². The number of ether oxygens (including phenoxy) is 4. The molecule has 11 heteroatoms. The molecule has 3 aromatic rings. The van der Waals surface area contributed by atoms with Gasteiger partial charge in [-0.1, -0.05) is 91.0 Å². The van der Waals surface area contributed by atoms with E-state index in [0.717, 1.165) is 16.7 Å². The molecule has 1 fully saturated rings. The van der Waals surface area contributed by atoms with Crippen LogP contribution in [0.4, 0.5) is 13.2 Å². The minimum atomic E-state index is -5.93. The summed E-state index contributed by atoms with van der Waals surface area (Å²) in [5.74, 6) is 0. The summed E-state index contributed by atoms with van der Waals surface area (Å²) in [6.07, 6.45) is -5.11. The van der Waals surface area contributed by atoms with Crippen LogP contribution in [0.5, 0.6) is 0 Å². The Kier molecular flexibility index (Phi) is 9.53. The second-order valence-corrected chi connectivity index (χ2v) is 10.1. The van der Waals surface area contributed by atoms with Gasteiger partial charge in [-0.15, -0.1) is 0 Å². The Hall–Kier alpha value is -2.80. The Morgan fingerprint density at radius 1 is 0.684 bits per heavy atom. The van der Waals surface area contributed by atoms with Gasteiger partial charge in [-0.25, -0.2) is 0 Å². The summed E-state index contributed by atoms with van der Waals surface area (Å²) in [5, 5.41) is 0. The van der Waals surface area contributed by atoms with Crippen molar-refractivity contribution in [3.05, 3.63) is 108 Å². The molecule has 0 bridgehead atoms. The monoisotopic (exact) mass is 552 g/mol. The molecule has 7 nitrogen and oxygen atoms in total. The fourth-order valence-corrected chi connectivity index (χ4v) is 4.45. The number of halogens is 3. The van der Waals surface area contributed by atoms with Crippen LogP contribution in [-0.2, 0) is 53.1 Å². The highest BCUT2D eigenvalue weighted by Gasteiger charge is 2.52. The highest BCUT2D eigenvalue weighted by molar-refractivity contribution is 7.87. The molecule has 204 valence electrons. The lowest BCUT2D eigenvalue weighted by atomic mass is 10.0. The Morgan fingerprint density at radius 3 is 1.55 bits per heavy atom. The lowest BCUT2D eigenvalue weighted by Crippen LogP contribution is -2.57. The van der Waals surface area contributed by atoms with Gasteiger partial charge in [-0.05, 0) is 16.7 Å². The first-order valence-corrected chi connectivity index (χ1v) is 13.2. The SMILES string of the molecule is O=S(=O)(O[C@@H]1CO[C@@H](OCc2ccccc2)[C@@H](OCc2ccccc2)[C@@H]1OCc1ccccc1)C(F)(F)F. The van der Waals surface area contributed by atoms with Crippen LogP contribution in [0.25, 0.3) is 0 Å². The van der Waals surface area contributed by atoms with Crippen molar-refractivity contribution < 1.29 is 44.7 Å². The maximum atomic E-state index is 13.2. The van der Waals surface area contributed by atoms with E-state index in [9.17, 15) is 21.6 Å². The van der Waals surface area contributed by atoms with Gasteiger partial charge in [0.05, 0.1) is 26.4 Å². The summed E-state index contributed by atoms with van der Waals surface area (Å²) in [6, 6.07) is 27.2. The summed E-state index contributed by atoms with van der Waals surface area (Å²) in [6.45, 7) is -0.397. The number of rotatable bonds is 11. The third-order valence-corrected chi connectivity index (χ3v) is 6.81. The van der Waals surface area contributed by atoms with E-state index in [1.165, 1.54) is 0 Å². The fraction of sp³-hybridized carbons (Fsp3) is 0.333. The molecule has 0 amide bonds. The van der Waals surface area contributed by atoms with E-state index in [-0.39, 0.29) is 19.8 Å². The van der Waals surface area contributed by atoms with Crippen LogP contribution in [0.3, 0.4) is 0 Å². The van der Waals surface area contributed by atoms with Gasteiger partial charge >= 0.3 is 15.6 Å². The Bertz CT molecular complexity index is 1230. The summed E-state index contributed by atoms with van der Waals surface area (Å²) in [4.78, 5) is 0. The Labute approximate surface area is 219 Å². The predicted molar refractivity (Wildman–Crippen MR) is 131 cm³/mol. The Morgan fingerprint density at radius 2 is 1.11 bits per heavy atom. The molecule has 1 saturated heterocycles. The average Bonchev–Trinajstić information content (AvgIpc) is 2.91. The highest BCUT2D eigenvalue weighted by Crippen LogP contribution is 2.32. The van der Waals surface area contributed by atoms with Crippen molar-refractivity contribution in [1.29, 1.82) is 0 Å². The fourth-order valence-electron chi connectivity index (χ4n) is 3.85. The lowest BCUT2D eigenvalue weighted by molar-refractivity contribution is -0.292. The largest absolute Gasteiger partial charge is 0.523 e. The standard InChI is InChI=1S/C27H27F3O7S/c28-27(29,30)38(31,32)37-23-19-36-26(35-18-22-14-8-3-9-15-22)25(34-17-21-12-6-2-7-13-21)24(23)33-16-20-10-4-1-5-11-20/h1-15,23-26H,16-19H2/t23-,24-,25+,26-/m1/s1. The van der Waals surface area contributed by atoms with Crippen LogP contribution in [-0.4, -0.2) is 45.1 Å². The predicted octanol–water partition coefficient (Wildman–Crippen LogP) is 4.97. The van der Waals surface area contributed by atoms with Crippen LogP contribution in [0, 0.1) is 0 Å². The van der Waals surface area contributed by atoms with E-state index in [0.29, 0.717) is 0 Å². The maximum Gasteiger partial charge on any atom is 0.523 e. The third kappa shape index (κ3) is 7.62. The minimum Gasteiger partial charge on any atom is -0.368 e. The molecule has 0 saturated carbocycles. The van der Waals surface area contributed by atoms with Gasteiger partial charge in [0.15, 0.2) is 6.29 Å². The van der Waals surface area contributed by atoms with Crippen molar-refractivity contribution in [2.75, 3.05) is 6.61 Å². The topological polar surface area (TPSA) is 80.3 Å². The van der Waals surface area contributed by atoms with Crippen LogP contribution in [0.1, 0.15) is 16.7 Å². The minimum absolute atomic E-state index is 0.0337. The van der Waals surface area contributed by atoms with Crippen molar-refractivity contribution in [2.24, 2.45) is 0 Å². The van der Waals surface area contributed by atoms with E-state index < -0.39 is 46.8 Å². The third-order valence-electron chi connectivity index (χ3n) is 5.74. The average molecular weight is 553 g/mol. The lowest BCUT2D eigenvalue weighted by Gasteiger charge is -2.41. The first-order valence-electron chi connectivity index (χ1n) is 11.8. The van der Waals surface area contributed by atoms with Crippen molar-refractivity contribution in [3.63, 3.8) is 0 Å². The first kappa shape index (κ1) is 28.2. The quantitative estimate of drug-likeness (QED) is 0.246. The smallest absolute Gasteiger partial charge is 0.368 e. The van der Waals surface area contributed by atoms with Crippen LogP contribution in [0.2, 0.25) is 0 Å². The molecule has 1 heterocycles. The van der Waals surface area contributed by atoms with E-state index in [2.05, 4.69) is 4.18 Å². The molecular formula is C27H27F3O7S. The molecule has 0 N–H and O–H groups in total. The Balaban J connectivity index is 1.60. The summed E-state index contributed by atoms with van der Waals surface area (Å²) in [5.41, 5.74) is -3.28. The van der Waals surface area contributed by atoms with E-state index in [1.54, 1.807) is 30.3 Å².